The lowest BCUT2D eigenvalue weighted by Crippen LogP contribution is -2.21. The first-order valence-electron chi connectivity index (χ1n) is 6.83. The molecule has 0 fully saturated rings. The maximum atomic E-state index is 11.9. The maximum absolute atomic E-state index is 11.9. The minimum Gasteiger partial charge on any atom is -0.326 e. The molecule has 0 spiro atoms. The van der Waals surface area contributed by atoms with E-state index < -0.39 is 0 Å². The highest BCUT2D eigenvalue weighted by molar-refractivity contribution is 6.30. The van der Waals surface area contributed by atoms with Crippen molar-refractivity contribution in [1.82, 2.24) is 10.4 Å². The number of carbonyl (C=O) groups is 2. The van der Waals surface area contributed by atoms with Gasteiger partial charge in [0.2, 0.25) is 5.91 Å². The number of amides is 2. The van der Waals surface area contributed by atoms with Gasteiger partial charge in [0.05, 0.1) is 6.42 Å². The van der Waals surface area contributed by atoms with Crippen molar-refractivity contribution >= 4 is 34.8 Å². The van der Waals surface area contributed by atoms with E-state index in [1.165, 1.54) is 12.4 Å². The van der Waals surface area contributed by atoms with Gasteiger partial charge in [-0.05, 0) is 43.3 Å². The highest BCUT2D eigenvalue weighted by atomic mass is 35.5. The fourth-order valence-corrected chi connectivity index (χ4v) is 1.85. The second kappa shape index (κ2) is 8.05. The molecule has 2 aromatic rings. The number of nitrogens with one attached hydrogen (secondary N) is 2. The Morgan fingerprint density at radius 2 is 1.78 bits per heavy atom. The summed E-state index contributed by atoms with van der Waals surface area (Å²) in [6.45, 7) is 1.66. The van der Waals surface area contributed by atoms with Gasteiger partial charge in [-0.25, -0.2) is 5.43 Å². The summed E-state index contributed by atoms with van der Waals surface area (Å²) in [5.74, 6) is -0.586. The van der Waals surface area contributed by atoms with Gasteiger partial charge in [-0.2, -0.15) is 5.10 Å². The van der Waals surface area contributed by atoms with Gasteiger partial charge >= 0.3 is 0 Å². The van der Waals surface area contributed by atoms with E-state index in [4.69, 9.17) is 11.6 Å². The maximum Gasteiger partial charge on any atom is 0.271 e. The molecule has 0 aliphatic rings. The van der Waals surface area contributed by atoms with Crippen molar-refractivity contribution in [3.8, 4) is 0 Å². The smallest absolute Gasteiger partial charge is 0.271 e. The van der Waals surface area contributed by atoms with Crippen LogP contribution in [0.25, 0.3) is 0 Å². The molecule has 2 amide bonds. The fourth-order valence-electron chi connectivity index (χ4n) is 1.72. The largest absolute Gasteiger partial charge is 0.326 e. The molecule has 0 atom stereocenters. The van der Waals surface area contributed by atoms with Crippen LogP contribution in [-0.4, -0.2) is 22.5 Å². The summed E-state index contributed by atoms with van der Waals surface area (Å²) in [6.07, 6.45) is 3.11. The van der Waals surface area contributed by atoms with Gasteiger partial charge in [-0.3, -0.25) is 14.6 Å². The van der Waals surface area contributed by atoms with Gasteiger partial charge in [0, 0.05) is 34.4 Å². The molecular weight excluding hydrogens is 316 g/mol. The van der Waals surface area contributed by atoms with Crippen LogP contribution in [0.2, 0.25) is 5.02 Å². The molecule has 1 heterocycles. The number of anilines is 1. The lowest BCUT2D eigenvalue weighted by atomic mass is 10.2. The quantitative estimate of drug-likeness (QED) is 0.653. The molecule has 0 radical (unpaired) electrons. The zero-order valence-electron chi connectivity index (χ0n) is 12.4. The molecule has 0 aliphatic carbocycles. The van der Waals surface area contributed by atoms with Crippen molar-refractivity contribution in [2.45, 2.75) is 13.3 Å². The second-order valence-corrected chi connectivity index (χ2v) is 5.19. The molecule has 118 valence electrons. The van der Waals surface area contributed by atoms with Gasteiger partial charge < -0.3 is 5.32 Å². The number of nitrogens with zero attached hydrogens (tertiary/aromatic N) is 2. The third kappa shape index (κ3) is 5.52. The molecule has 7 heteroatoms. The second-order valence-electron chi connectivity index (χ2n) is 4.76. The summed E-state index contributed by atoms with van der Waals surface area (Å²) in [5, 5.41) is 7.23. The lowest BCUT2D eigenvalue weighted by molar-refractivity contribution is -0.115. The van der Waals surface area contributed by atoms with Crippen molar-refractivity contribution < 1.29 is 9.59 Å². The Kier molecular flexibility index (Phi) is 5.82. The van der Waals surface area contributed by atoms with Crippen molar-refractivity contribution in [2.75, 3.05) is 5.32 Å². The van der Waals surface area contributed by atoms with E-state index in [0.29, 0.717) is 22.0 Å². The topological polar surface area (TPSA) is 83.5 Å². The average Bonchev–Trinajstić information content (AvgIpc) is 2.55. The van der Waals surface area contributed by atoms with Crippen molar-refractivity contribution in [3.63, 3.8) is 0 Å². The van der Waals surface area contributed by atoms with Crippen LogP contribution < -0.4 is 10.7 Å². The Bertz CT molecular complexity index is 715. The first-order chi connectivity index (χ1) is 11.0. The SMILES string of the molecule is C/C(CC(=O)Nc1ccc(Cl)cc1)=N/NC(=O)c1ccncc1. The standard InChI is InChI=1S/C16H15ClN4O2/c1-11(20-21-16(23)12-6-8-18-9-7-12)10-15(22)19-14-4-2-13(17)3-5-14/h2-9H,10H2,1H3,(H,19,22)(H,21,23)/b20-11-. The van der Waals surface area contributed by atoms with Crippen LogP contribution in [0, 0.1) is 0 Å². The molecular formula is C16H15ClN4O2. The third-order valence-electron chi connectivity index (χ3n) is 2.84. The minimum atomic E-state index is -0.357. The van der Waals surface area contributed by atoms with E-state index in [1.54, 1.807) is 43.3 Å². The molecule has 6 nitrogen and oxygen atoms in total. The van der Waals surface area contributed by atoms with Crippen LogP contribution in [-0.2, 0) is 4.79 Å². The number of aromatic nitrogens is 1. The van der Waals surface area contributed by atoms with E-state index in [0.717, 1.165) is 0 Å². The lowest BCUT2D eigenvalue weighted by Gasteiger charge is -2.05. The van der Waals surface area contributed by atoms with E-state index in [2.05, 4.69) is 20.8 Å². The fraction of sp³-hybridized carbons (Fsp3) is 0.125. The van der Waals surface area contributed by atoms with Crippen LogP contribution >= 0.6 is 11.6 Å². The van der Waals surface area contributed by atoms with Crippen molar-refractivity contribution in [3.05, 3.63) is 59.4 Å². The number of hydrogen-bond acceptors (Lipinski definition) is 4. The Hall–Kier alpha value is -2.73. The minimum absolute atomic E-state index is 0.0687. The third-order valence-corrected chi connectivity index (χ3v) is 3.09. The van der Waals surface area contributed by atoms with Gasteiger partial charge in [0.15, 0.2) is 0 Å². The zero-order chi connectivity index (χ0) is 16.7. The highest BCUT2D eigenvalue weighted by Gasteiger charge is 2.07. The molecule has 2 N–H and O–H groups in total. The van der Waals surface area contributed by atoms with Crippen molar-refractivity contribution in [2.24, 2.45) is 5.10 Å². The summed E-state index contributed by atoms with van der Waals surface area (Å²) in [6, 6.07) is 9.94. The van der Waals surface area contributed by atoms with Gasteiger partial charge in [0.25, 0.3) is 5.91 Å². The molecule has 23 heavy (non-hydrogen) atoms. The average molecular weight is 331 g/mol. The van der Waals surface area contributed by atoms with Gasteiger partial charge in [-0.1, -0.05) is 11.6 Å². The Balaban J connectivity index is 1.85. The molecule has 0 bridgehead atoms. The zero-order valence-corrected chi connectivity index (χ0v) is 13.2. The van der Waals surface area contributed by atoms with Gasteiger partial charge in [0.1, 0.15) is 0 Å². The molecule has 1 aromatic heterocycles. The molecule has 0 saturated carbocycles. The van der Waals surface area contributed by atoms with Crippen molar-refractivity contribution in [1.29, 1.82) is 0 Å². The summed E-state index contributed by atoms with van der Waals surface area (Å²) in [4.78, 5) is 27.5. The normalized spacial score (nSPS) is 11.0. The number of carbonyl (C=O) groups excluding carboxylic acids is 2. The number of hydrazone groups is 1. The predicted molar refractivity (Wildman–Crippen MR) is 89.5 cm³/mol. The summed E-state index contributed by atoms with van der Waals surface area (Å²) < 4.78 is 0. The predicted octanol–water partition coefficient (Wildman–Crippen LogP) is 2.87. The van der Waals surface area contributed by atoms with E-state index in [9.17, 15) is 9.59 Å². The van der Waals surface area contributed by atoms with Crippen LogP contribution in [0.1, 0.15) is 23.7 Å². The highest BCUT2D eigenvalue weighted by Crippen LogP contribution is 2.13. The van der Waals surface area contributed by atoms with Crippen LogP contribution in [0.15, 0.2) is 53.9 Å². The molecule has 1 aromatic carbocycles. The van der Waals surface area contributed by atoms with Crippen LogP contribution in [0.4, 0.5) is 5.69 Å². The summed E-state index contributed by atoms with van der Waals surface area (Å²) in [5.41, 5.74) is 3.98. The molecule has 2 rings (SSSR count). The molecule has 0 aliphatic heterocycles. The summed E-state index contributed by atoms with van der Waals surface area (Å²) in [7, 11) is 0. The molecule has 0 unspecified atom stereocenters. The number of pyridine rings is 1. The monoisotopic (exact) mass is 330 g/mol. The summed E-state index contributed by atoms with van der Waals surface area (Å²) >= 11 is 5.78. The Labute approximate surface area is 138 Å². The first-order valence-corrected chi connectivity index (χ1v) is 7.21. The molecule has 0 saturated heterocycles. The number of rotatable bonds is 5. The Morgan fingerprint density at radius 1 is 1.13 bits per heavy atom. The number of hydrogen-bond donors (Lipinski definition) is 2. The van der Waals surface area contributed by atoms with E-state index in [-0.39, 0.29) is 18.2 Å². The number of benzene rings is 1. The van der Waals surface area contributed by atoms with Crippen LogP contribution in [0.3, 0.4) is 0 Å². The van der Waals surface area contributed by atoms with Crippen LogP contribution in [0.5, 0.6) is 0 Å². The van der Waals surface area contributed by atoms with E-state index in [1.807, 2.05) is 0 Å². The first kappa shape index (κ1) is 16.6. The Morgan fingerprint density at radius 3 is 2.43 bits per heavy atom. The number of halogens is 1. The van der Waals surface area contributed by atoms with Gasteiger partial charge in [-0.15, -0.1) is 0 Å². The van der Waals surface area contributed by atoms with E-state index >= 15 is 0 Å².